The molecule has 1 aromatic rings. The summed E-state index contributed by atoms with van der Waals surface area (Å²) in [6.07, 6.45) is -2.91. The van der Waals surface area contributed by atoms with Gasteiger partial charge >= 0.3 is 6.18 Å². The molecule has 1 amide bonds. The Morgan fingerprint density at radius 3 is 2.66 bits per heavy atom. The minimum absolute atomic E-state index is 0.189. The monoisotopic (exact) mass is 412 g/mol. The zero-order valence-corrected chi connectivity index (χ0v) is 16.1. The molecule has 4 heterocycles. The lowest BCUT2D eigenvalue weighted by atomic mass is 10.0. The Kier molecular flexibility index (Phi) is 5.23. The molecule has 29 heavy (non-hydrogen) atoms. The van der Waals surface area contributed by atoms with Crippen LogP contribution in [0.5, 0.6) is 0 Å². The highest BCUT2D eigenvalue weighted by Gasteiger charge is 2.40. The number of pyridine rings is 1. The van der Waals surface area contributed by atoms with E-state index in [-0.39, 0.29) is 18.1 Å². The molecule has 3 N–H and O–H groups in total. The highest BCUT2D eigenvalue weighted by Crippen LogP contribution is 2.35. The van der Waals surface area contributed by atoms with E-state index in [2.05, 4.69) is 25.9 Å². The first-order chi connectivity index (χ1) is 13.7. The summed E-state index contributed by atoms with van der Waals surface area (Å²) in [5.41, 5.74) is 3.22. The van der Waals surface area contributed by atoms with E-state index in [0.717, 1.165) is 12.3 Å². The molecular formula is C18H23F3N6O2. The number of hydrogen-bond donors (Lipinski definition) is 3. The van der Waals surface area contributed by atoms with Crippen molar-refractivity contribution in [3.8, 4) is 0 Å². The molecule has 8 nitrogen and oxygen atoms in total. The summed E-state index contributed by atoms with van der Waals surface area (Å²) in [7, 11) is 0. The number of aromatic nitrogens is 1. The number of morpholine rings is 1. The van der Waals surface area contributed by atoms with E-state index in [1.54, 1.807) is 20.0 Å². The number of hydrogen-bond acceptors (Lipinski definition) is 7. The molecule has 3 aliphatic rings. The third-order valence-electron chi connectivity index (χ3n) is 5.19. The quantitative estimate of drug-likeness (QED) is 0.686. The number of rotatable bonds is 3. The Balaban J connectivity index is 1.57. The van der Waals surface area contributed by atoms with Crippen LogP contribution >= 0.6 is 0 Å². The third kappa shape index (κ3) is 3.95. The van der Waals surface area contributed by atoms with Gasteiger partial charge in [0.2, 0.25) is 0 Å². The van der Waals surface area contributed by atoms with Crippen molar-refractivity contribution in [3.63, 3.8) is 0 Å². The number of carbonyl (C=O) groups excluding carboxylic acids is 1. The van der Waals surface area contributed by atoms with Crippen molar-refractivity contribution in [2.24, 2.45) is 0 Å². The third-order valence-corrected chi connectivity index (χ3v) is 5.19. The molecular weight excluding hydrogens is 389 g/mol. The first kappa shape index (κ1) is 20.1. The lowest BCUT2D eigenvalue weighted by Crippen LogP contribution is -2.68. The first-order valence-electron chi connectivity index (χ1n) is 9.47. The summed E-state index contributed by atoms with van der Waals surface area (Å²) in [5.74, 6) is -0.0869. The standard InChI is InChI=1S/C18H23F3N6O2/c1-10(2)12-7-11(18(19,20)21)8-22-15(12)27-9-13-14(25-27)23-17(24-16(13)28)26-3-5-29-6-4-26/h7-10,14,17,23,25H,3-6H2,1-2H3,(H,24,28). The van der Waals surface area contributed by atoms with E-state index >= 15 is 0 Å². The average molecular weight is 412 g/mol. The molecule has 2 atom stereocenters. The second-order valence-electron chi connectivity index (χ2n) is 7.50. The van der Waals surface area contributed by atoms with Crippen LogP contribution in [0, 0.1) is 0 Å². The van der Waals surface area contributed by atoms with Crippen molar-refractivity contribution in [2.45, 2.75) is 38.4 Å². The second-order valence-corrected chi connectivity index (χ2v) is 7.50. The highest BCUT2D eigenvalue weighted by atomic mass is 19.4. The number of nitrogens with zero attached hydrogens (tertiary/aromatic N) is 3. The molecule has 3 aliphatic heterocycles. The van der Waals surface area contributed by atoms with Crippen LogP contribution in [0.2, 0.25) is 0 Å². The lowest BCUT2D eigenvalue weighted by Gasteiger charge is -2.39. The van der Waals surface area contributed by atoms with Crippen LogP contribution in [0.25, 0.3) is 0 Å². The molecule has 11 heteroatoms. The summed E-state index contributed by atoms with van der Waals surface area (Å²) in [6, 6.07) is 1.11. The number of amides is 1. The largest absolute Gasteiger partial charge is 0.417 e. The van der Waals surface area contributed by atoms with Crippen LogP contribution in [0.3, 0.4) is 0 Å². The van der Waals surface area contributed by atoms with Crippen molar-refractivity contribution in [2.75, 3.05) is 31.3 Å². The van der Waals surface area contributed by atoms with Gasteiger partial charge in [0.05, 0.1) is 24.4 Å². The Bertz CT molecular complexity index is 822. The number of halogens is 3. The first-order valence-corrected chi connectivity index (χ1v) is 9.47. The normalized spacial score (nSPS) is 25.8. The molecule has 2 unspecified atom stereocenters. The van der Waals surface area contributed by atoms with Gasteiger partial charge in [-0.05, 0) is 17.5 Å². The molecule has 0 saturated carbocycles. The van der Waals surface area contributed by atoms with Gasteiger partial charge in [0.25, 0.3) is 5.91 Å². The summed E-state index contributed by atoms with van der Waals surface area (Å²) in [4.78, 5) is 18.7. The number of fused-ring (bicyclic) bond motifs is 1. The van der Waals surface area contributed by atoms with E-state index < -0.39 is 17.9 Å². The lowest BCUT2D eigenvalue weighted by molar-refractivity contribution is -0.137. The maximum atomic E-state index is 13.1. The zero-order chi connectivity index (χ0) is 20.8. The molecule has 4 rings (SSSR count). The van der Waals surface area contributed by atoms with Gasteiger partial charge in [0.15, 0.2) is 0 Å². The van der Waals surface area contributed by atoms with Crippen molar-refractivity contribution in [3.05, 3.63) is 35.2 Å². The molecule has 1 aromatic heterocycles. The van der Waals surface area contributed by atoms with Gasteiger partial charge < -0.3 is 10.1 Å². The fourth-order valence-electron chi connectivity index (χ4n) is 3.59. The summed E-state index contributed by atoms with van der Waals surface area (Å²) < 4.78 is 44.6. The minimum Gasteiger partial charge on any atom is -0.379 e. The number of hydrazine groups is 1. The maximum Gasteiger partial charge on any atom is 0.417 e. The van der Waals surface area contributed by atoms with Crippen LogP contribution in [-0.2, 0) is 15.7 Å². The Morgan fingerprint density at radius 2 is 2.00 bits per heavy atom. The number of anilines is 1. The molecule has 0 bridgehead atoms. The van der Waals surface area contributed by atoms with Crippen molar-refractivity contribution in [1.29, 1.82) is 0 Å². The number of carbonyl (C=O) groups is 1. The van der Waals surface area contributed by atoms with Crippen molar-refractivity contribution in [1.82, 2.24) is 25.9 Å². The molecule has 2 saturated heterocycles. The van der Waals surface area contributed by atoms with Gasteiger partial charge in [-0.25, -0.2) is 10.4 Å². The predicted octanol–water partition coefficient (Wildman–Crippen LogP) is 1.09. The van der Waals surface area contributed by atoms with Gasteiger partial charge in [-0.1, -0.05) is 13.8 Å². The van der Waals surface area contributed by atoms with Gasteiger partial charge in [0.1, 0.15) is 18.3 Å². The van der Waals surface area contributed by atoms with Crippen LogP contribution in [0.1, 0.15) is 30.9 Å². The van der Waals surface area contributed by atoms with Crippen LogP contribution < -0.4 is 21.1 Å². The molecule has 158 valence electrons. The molecule has 0 spiro atoms. The van der Waals surface area contributed by atoms with Gasteiger partial charge in [-0.2, -0.15) is 13.2 Å². The smallest absolute Gasteiger partial charge is 0.379 e. The Morgan fingerprint density at radius 1 is 1.28 bits per heavy atom. The fourth-order valence-corrected chi connectivity index (χ4v) is 3.59. The van der Waals surface area contributed by atoms with Crippen LogP contribution in [-0.4, -0.2) is 54.5 Å². The SMILES string of the molecule is CC(C)c1cc(C(F)(F)F)cnc1N1C=C2C(=O)NC(N3CCOCC3)NC2N1. The highest BCUT2D eigenvalue weighted by molar-refractivity contribution is 5.96. The van der Waals surface area contributed by atoms with Gasteiger partial charge in [0, 0.05) is 25.5 Å². The molecule has 0 aliphatic carbocycles. The predicted molar refractivity (Wildman–Crippen MR) is 98.3 cm³/mol. The number of nitrogens with one attached hydrogen (secondary N) is 3. The summed E-state index contributed by atoms with van der Waals surface area (Å²) in [5, 5.41) is 7.74. The van der Waals surface area contributed by atoms with Crippen molar-refractivity contribution >= 4 is 11.7 Å². The van der Waals surface area contributed by atoms with Crippen LogP contribution in [0.4, 0.5) is 19.0 Å². The number of alkyl halides is 3. The fraction of sp³-hybridized carbons (Fsp3) is 0.556. The average Bonchev–Trinajstić information content (AvgIpc) is 3.12. The molecule has 0 aromatic carbocycles. The van der Waals surface area contributed by atoms with Gasteiger partial charge in [-0.3, -0.25) is 20.0 Å². The summed E-state index contributed by atoms with van der Waals surface area (Å²) >= 11 is 0. The van der Waals surface area contributed by atoms with E-state index in [0.29, 0.717) is 43.3 Å². The molecule has 0 radical (unpaired) electrons. The second kappa shape index (κ2) is 7.56. The molecule has 2 fully saturated rings. The van der Waals surface area contributed by atoms with E-state index in [4.69, 9.17) is 4.74 Å². The van der Waals surface area contributed by atoms with E-state index in [1.165, 1.54) is 5.01 Å². The summed E-state index contributed by atoms with van der Waals surface area (Å²) in [6.45, 7) is 6.16. The maximum absolute atomic E-state index is 13.1. The van der Waals surface area contributed by atoms with E-state index in [1.807, 2.05) is 0 Å². The Hall–Kier alpha value is -2.21. The minimum atomic E-state index is -4.47. The zero-order valence-electron chi connectivity index (χ0n) is 16.1. The Labute approximate surface area is 166 Å². The van der Waals surface area contributed by atoms with Crippen molar-refractivity contribution < 1.29 is 22.7 Å². The number of ether oxygens (including phenoxy) is 1. The topological polar surface area (TPSA) is 81.8 Å². The van der Waals surface area contributed by atoms with E-state index in [9.17, 15) is 18.0 Å². The van der Waals surface area contributed by atoms with Crippen LogP contribution in [0.15, 0.2) is 24.0 Å². The van der Waals surface area contributed by atoms with Gasteiger partial charge in [-0.15, -0.1) is 0 Å².